The van der Waals surface area contributed by atoms with Gasteiger partial charge >= 0.3 is 0 Å². The van der Waals surface area contributed by atoms with Crippen LogP contribution in [0.5, 0.6) is 0 Å². The van der Waals surface area contributed by atoms with E-state index >= 15 is 0 Å². The predicted molar refractivity (Wildman–Crippen MR) is 157 cm³/mol. The normalized spacial score (nSPS) is 11.7. The van der Waals surface area contributed by atoms with E-state index in [0.29, 0.717) is 5.56 Å². The summed E-state index contributed by atoms with van der Waals surface area (Å²) in [7, 11) is 0. The molecule has 0 fully saturated rings. The average Bonchev–Trinajstić information content (AvgIpc) is 3.48. The van der Waals surface area contributed by atoms with Gasteiger partial charge in [0.2, 0.25) is 0 Å². The zero-order valence-electron chi connectivity index (χ0n) is 20.5. The van der Waals surface area contributed by atoms with Crippen LogP contribution in [0.4, 0.5) is 0 Å². The van der Waals surface area contributed by atoms with E-state index in [4.69, 9.17) is 0 Å². The molecule has 8 aromatic rings. The summed E-state index contributed by atoms with van der Waals surface area (Å²) in [5.41, 5.74) is 6.50. The molecule has 0 aliphatic rings. The van der Waals surface area contributed by atoms with E-state index < -0.39 is 0 Å². The number of hydrogen-bond acceptors (Lipinski definition) is 1. The summed E-state index contributed by atoms with van der Waals surface area (Å²) >= 11 is 0. The first-order valence-corrected chi connectivity index (χ1v) is 12.8. The van der Waals surface area contributed by atoms with E-state index in [9.17, 15) is 5.26 Å². The molecule has 0 saturated carbocycles. The monoisotopic (exact) mass is 483 g/mol. The van der Waals surface area contributed by atoms with Crippen LogP contribution in [-0.2, 0) is 0 Å². The molecule has 2 aromatic heterocycles. The molecule has 0 unspecified atom stereocenters. The van der Waals surface area contributed by atoms with Gasteiger partial charge in [-0.25, -0.2) is 0 Å². The molecular weight excluding hydrogens is 462 g/mol. The SMILES string of the molecule is N#Cc1ccc2cc3cc(-n4c5ccccc5c5c6ccccc6n(-c6ccccc6)c54)ccc3cc2c1. The summed E-state index contributed by atoms with van der Waals surface area (Å²) in [6, 6.07) is 47.2. The van der Waals surface area contributed by atoms with Crippen molar-refractivity contribution in [3.8, 4) is 17.4 Å². The quantitative estimate of drug-likeness (QED) is 0.226. The highest BCUT2D eigenvalue weighted by Crippen LogP contribution is 2.41. The summed E-state index contributed by atoms with van der Waals surface area (Å²) in [5.74, 6) is 0. The van der Waals surface area contributed by atoms with Gasteiger partial charge < -0.3 is 0 Å². The van der Waals surface area contributed by atoms with Crippen LogP contribution in [0.3, 0.4) is 0 Å². The summed E-state index contributed by atoms with van der Waals surface area (Å²) in [4.78, 5) is 0. The second-order valence-electron chi connectivity index (χ2n) is 9.80. The first-order chi connectivity index (χ1) is 18.8. The van der Waals surface area contributed by atoms with Crippen LogP contribution in [0.1, 0.15) is 5.56 Å². The maximum absolute atomic E-state index is 9.33. The van der Waals surface area contributed by atoms with Gasteiger partial charge in [-0.1, -0.05) is 66.7 Å². The van der Waals surface area contributed by atoms with Crippen LogP contribution in [-0.4, -0.2) is 9.13 Å². The van der Waals surface area contributed by atoms with Crippen molar-refractivity contribution in [2.24, 2.45) is 0 Å². The van der Waals surface area contributed by atoms with Gasteiger partial charge in [0, 0.05) is 27.5 Å². The van der Waals surface area contributed by atoms with Crippen molar-refractivity contribution in [1.29, 1.82) is 5.26 Å². The number of para-hydroxylation sites is 3. The Morgan fingerprint density at radius 2 is 1.05 bits per heavy atom. The number of nitriles is 1. The minimum Gasteiger partial charge on any atom is -0.295 e. The molecule has 6 aromatic carbocycles. The molecule has 8 rings (SSSR count). The van der Waals surface area contributed by atoms with Crippen LogP contribution in [0.15, 0.2) is 127 Å². The molecule has 0 aliphatic heterocycles. The van der Waals surface area contributed by atoms with Crippen molar-refractivity contribution in [3.63, 3.8) is 0 Å². The summed E-state index contributed by atoms with van der Waals surface area (Å²) in [6.45, 7) is 0. The number of aromatic nitrogens is 2. The second kappa shape index (κ2) is 7.83. The molecular formula is C35H21N3. The molecule has 0 aliphatic carbocycles. The highest BCUT2D eigenvalue weighted by Gasteiger charge is 2.21. The van der Waals surface area contributed by atoms with Gasteiger partial charge in [0.05, 0.1) is 22.7 Å². The van der Waals surface area contributed by atoms with E-state index in [0.717, 1.165) is 33.2 Å². The molecule has 0 amide bonds. The summed E-state index contributed by atoms with van der Waals surface area (Å²) in [5, 5.41) is 17.6. The Labute approximate surface area is 219 Å². The van der Waals surface area contributed by atoms with Gasteiger partial charge in [-0.05, 0) is 82.2 Å². The van der Waals surface area contributed by atoms with Crippen molar-refractivity contribution in [2.45, 2.75) is 0 Å². The minimum absolute atomic E-state index is 0.684. The van der Waals surface area contributed by atoms with E-state index in [1.165, 1.54) is 32.6 Å². The average molecular weight is 484 g/mol. The van der Waals surface area contributed by atoms with E-state index in [1.54, 1.807) is 0 Å². The molecule has 176 valence electrons. The van der Waals surface area contributed by atoms with Crippen molar-refractivity contribution >= 4 is 54.4 Å². The van der Waals surface area contributed by atoms with E-state index in [1.807, 2.05) is 18.2 Å². The maximum atomic E-state index is 9.33. The molecule has 3 heteroatoms. The van der Waals surface area contributed by atoms with Gasteiger partial charge in [-0.3, -0.25) is 9.13 Å². The number of fused-ring (bicyclic) bond motifs is 7. The molecule has 3 nitrogen and oxygen atoms in total. The third kappa shape index (κ3) is 2.89. The highest BCUT2D eigenvalue weighted by atomic mass is 15.1. The fourth-order valence-corrected chi connectivity index (χ4v) is 5.99. The van der Waals surface area contributed by atoms with E-state index in [2.05, 4.69) is 124 Å². The Bertz CT molecular complexity index is 2240. The molecule has 0 atom stereocenters. The number of benzene rings is 6. The number of nitrogens with zero attached hydrogens (tertiary/aromatic N) is 3. The fraction of sp³-hybridized carbons (Fsp3) is 0. The molecule has 0 N–H and O–H groups in total. The zero-order chi connectivity index (χ0) is 25.2. The van der Waals surface area contributed by atoms with Crippen LogP contribution in [0.25, 0.3) is 65.8 Å². The minimum atomic E-state index is 0.684. The van der Waals surface area contributed by atoms with Gasteiger partial charge in [0.15, 0.2) is 0 Å². The molecule has 0 bridgehead atoms. The van der Waals surface area contributed by atoms with Gasteiger partial charge in [0.25, 0.3) is 0 Å². The van der Waals surface area contributed by atoms with Crippen molar-refractivity contribution in [1.82, 2.24) is 9.13 Å². The molecule has 0 saturated heterocycles. The van der Waals surface area contributed by atoms with E-state index in [-0.39, 0.29) is 0 Å². The lowest BCUT2D eigenvalue weighted by Gasteiger charge is -2.14. The first-order valence-electron chi connectivity index (χ1n) is 12.8. The lowest BCUT2D eigenvalue weighted by molar-refractivity contribution is 1.07. The van der Waals surface area contributed by atoms with Crippen LogP contribution in [0, 0.1) is 11.3 Å². The van der Waals surface area contributed by atoms with Gasteiger partial charge in [-0.2, -0.15) is 5.26 Å². The summed E-state index contributed by atoms with van der Waals surface area (Å²) < 4.78 is 4.79. The Morgan fingerprint density at radius 3 is 1.74 bits per heavy atom. The second-order valence-corrected chi connectivity index (χ2v) is 9.80. The Hall–Kier alpha value is -5.33. The van der Waals surface area contributed by atoms with Gasteiger partial charge in [-0.15, -0.1) is 0 Å². The Kier molecular flexibility index (Phi) is 4.29. The van der Waals surface area contributed by atoms with Crippen LogP contribution >= 0.6 is 0 Å². The third-order valence-corrected chi connectivity index (χ3v) is 7.66. The molecule has 2 heterocycles. The lowest BCUT2D eigenvalue weighted by Crippen LogP contribution is -2.01. The molecule has 38 heavy (non-hydrogen) atoms. The maximum Gasteiger partial charge on any atom is 0.131 e. The zero-order valence-corrected chi connectivity index (χ0v) is 20.5. The summed E-state index contributed by atoms with van der Waals surface area (Å²) in [6.07, 6.45) is 0. The third-order valence-electron chi connectivity index (χ3n) is 7.66. The molecule has 0 spiro atoms. The first kappa shape index (κ1) is 20.8. The lowest BCUT2D eigenvalue weighted by atomic mass is 10.0. The number of rotatable bonds is 2. The van der Waals surface area contributed by atoms with Crippen LogP contribution in [0.2, 0.25) is 0 Å². The Balaban J connectivity index is 1.50. The fourth-order valence-electron chi connectivity index (χ4n) is 5.99. The van der Waals surface area contributed by atoms with Gasteiger partial charge in [0.1, 0.15) is 5.65 Å². The van der Waals surface area contributed by atoms with Crippen molar-refractivity contribution < 1.29 is 0 Å². The number of hydrogen-bond donors (Lipinski definition) is 0. The highest BCUT2D eigenvalue weighted by molar-refractivity contribution is 6.22. The molecule has 0 radical (unpaired) electrons. The van der Waals surface area contributed by atoms with Crippen LogP contribution < -0.4 is 0 Å². The Morgan fingerprint density at radius 1 is 0.474 bits per heavy atom. The standard InChI is InChI=1S/C35H21N3/c36-22-23-14-15-24-20-27-21-29(17-16-25(27)19-26(24)18-23)38-33-13-7-5-11-31(33)34-30-10-4-6-12-32(30)37(35(34)38)28-8-2-1-3-9-28/h1-21H. The predicted octanol–water partition coefficient (Wildman–Crippen LogP) is 8.91. The van der Waals surface area contributed by atoms with Crippen molar-refractivity contribution in [3.05, 3.63) is 133 Å². The largest absolute Gasteiger partial charge is 0.295 e. The topological polar surface area (TPSA) is 33.6 Å². The van der Waals surface area contributed by atoms with Crippen molar-refractivity contribution in [2.75, 3.05) is 0 Å². The smallest absolute Gasteiger partial charge is 0.131 e.